The summed E-state index contributed by atoms with van der Waals surface area (Å²) < 4.78 is 11.1. The van der Waals surface area contributed by atoms with Gasteiger partial charge in [-0.25, -0.2) is 4.79 Å². The van der Waals surface area contributed by atoms with Crippen molar-refractivity contribution < 1.29 is 14.3 Å². The number of aryl methyl sites for hydroxylation is 1. The van der Waals surface area contributed by atoms with Crippen molar-refractivity contribution in [1.82, 2.24) is 4.90 Å². The number of nitrogens with one attached hydrogen (secondary N) is 1. The third-order valence-corrected chi connectivity index (χ3v) is 3.86. The summed E-state index contributed by atoms with van der Waals surface area (Å²) in [6.07, 6.45) is 0. The smallest absolute Gasteiger partial charge is 0.321 e. The number of hydrogen-bond donors (Lipinski definition) is 1. The minimum atomic E-state index is -0.188. The molecule has 0 atom stereocenters. The Morgan fingerprint density at radius 1 is 1.12 bits per heavy atom. The van der Waals surface area contributed by atoms with Crippen LogP contribution >= 0.6 is 11.6 Å². The van der Waals surface area contributed by atoms with Crippen LogP contribution in [0.4, 0.5) is 10.5 Å². The topological polar surface area (TPSA) is 50.8 Å². The Bertz CT molecular complexity index is 704. The summed E-state index contributed by atoms with van der Waals surface area (Å²) in [5, 5.41) is 3.56. The number of urea groups is 1. The van der Waals surface area contributed by atoms with Crippen molar-refractivity contribution in [3.8, 4) is 11.5 Å². The van der Waals surface area contributed by atoms with E-state index in [1.807, 2.05) is 32.0 Å². The average Bonchev–Trinajstić information content (AvgIpc) is 2.59. The lowest BCUT2D eigenvalue weighted by Gasteiger charge is -2.19. The van der Waals surface area contributed by atoms with Crippen LogP contribution in [0, 0.1) is 6.92 Å². The summed E-state index contributed by atoms with van der Waals surface area (Å²) in [7, 11) is 1.73. The van der Waals surface area contributed by atoms with Crippen molar-refractivity contribution in [2.24, 2.45) is 0 Å². The number of likely N-dealkylation sites (N-methyl/N-ethyl adjacent to an activating group) is 1. The Morgan fingerprint density at radius 3 is 2.44 bits per heavy atom. The summed E-state index contributed by atoms with van der Waals surface area (Å²) in [5.74, 6) is 1.52. The molecule has 0 fully saturated rings. The molecule has 0 unspecified atom stereocenters. The van der Waals surface area contributed by atoms with Gasteiger partial charge in [0.15, 0.2) is 0 Å². The lowest BCUT2D eigenvalue weighted by molar-refractivity contribution is 0.207. The highest BCUT2D eigenvalue weighted by Crippen LogP contribution is 2.21. The minimum Gasteiger partial charge on any atom is -0.494 e. The number of anilines is 1. The van der Waals surface area contributed by atoms with Crippen molar-refractivity contribution >= 4 is 23.3 Å². The van der Waals surface area contributed by atoms with Crippen molar-refractivity contribution in [2.75, 3.05) is 32.1 Å². The van der Waals surface area contributed by atoms with Crippen molar-refractivity contribution in [3.05, 3.63) is 53.1 Å². The fourth-order valence-electron chi connectivity index (χ4n) is 2.18. The molecule has 6 heteroatoms. The zero-order chi connectivity index (χ0) is 18.2. The molecule has 1 N–H and O–H groups in total. The molecule has 25 heavy (non-hydrogen) atoms. The number of benzene rings is 2. The molecule has 2 aromatic rings. The van der Waals surface area contributed by atoms with Crippen molar-refractivity contribution in [1.29, 1.82) is 0 Å². The zero-order valence-corrected chi connectivity index (χ0v) is 15.5. The molecule has 0 spiro atoms. The Hall–Kier alpha value is -2.40. The van der Waals surface area contributed by atoms with Gasteiger partial charge in [0, 0.05) is 17.8 Å². The van der Waals surface area contributed by atoms with Crippen LogP contribution in [-0.4, -0.2) is 37.7 Å². The largest absolute Gasteiger partial charge is 0.494 e. The van der Waals surface area contributed by atoms with Crippen molar-refractivity contribution in [2.45, 2.75) is 13.8 Å². The molecule has 2 amide bonds. The predicted molar refractivity (Wildman–Crippen MR) is 101 cm³/mol. The molecule has 2 aromatic carbocycles. The molecule has 2 rings (SSSR count). The van der Waals surface area contributed by atoms with E-state index in [1.54, 1.807) is 36.2 Å². The lowest BCUT2D eigenvalue weighted by Crippen LogP contribution is -2.34. The maximum Gasteiger partial charge on any atom is 0.321 e. The van der Waals surface area contributed by atoms with E-state index in [0.717, 1.165) is 22.7 Å². The van der Waals surface area contributed by atoms with Crippen molar-refractivity contribution in [3.63, 3.8) is 0 Å². The summed E-state index contributed by atoms with van der Waals surface area (Å²) in [4.78, 5) is 13.8. The lowest BCUT2D eigenvalue weighted by atomic mass is 10.2. The van der Waals surface area contributed by atoms with Crippen LogP contribution in [0.15, 0.2) is 42.5 Å². The Balaban J connectivity index is 1.82. The van der Waals surface area contributed by atoms with Gasteiger partial charge in [-0.2, -0.15) is 0 Å². The van der Waals surface area contributed by atoms with Gasteiger partial charge < -0.3 is 19.7 Å². The van der Waals surface area contributed by atoms with Crippen LogP contribution < -0.4 is 14.8 Å². The monoisotopic (exact) mass is 362 g/mol. The summed E-state index contributed by atoms with van der Waals surface area (Å²) in [6, 6.07) is 12.5. The average molecular weight is 363 g/mol. The van der Waals surface area contributed by atoms with Crippen LogP contribution in [0.5, 0.6) is 11.5 Å². The first kappa shape index (κ1) is 18.9. The van der Waals surface area contributed by atoms with Gasteiger partial charge in [-0.15, -0.1) is 0 Å². The molecule has 0 aliphatic heterocycles. The van der Waals surface area contributed by atoms with Gasteiger partial charge in [0.2, 0.25) is 0 Å². The highest BCUT2D eigenvalue weighted by Gasteiger charge is 2.10. The van der Waals surface area contributed by atoms with Crippen LogP contribution in [0.3, 0.4) is 0 Å². The number of hydrogen-bond acceptors (Lipinski definition) is 3. The molecule has 0 aliphatic carbocycles. The van der Waals surface area contributed by atoms with E-state index in [-0.39, 0.29) is 6.03 Å². The molecular weight excluding hydrogens is 340 g/mol. The Morgan fingerprint density at radius 2 is 1.80 bits per heavy atom. The highest BCUT2D eigenvalue weighted by atomic mass is 35.5. The van der Waals surface area contributed by atoms with Gasteiger partial charge in [-0.3, -0.25) is 0 Å². The minimum absolute atomic E-state index is 0.188. The van der Waals surface area contributed by atoms with E-state index in [9.17, 15) is 4.79 Å². The predicted octanol–water partition coefficient (Wildman–Crippen LogP) is 4.59. The zero-order valence-electron chi connectivity index (χ0n) is 14.7. The van der Waals surface area contributed by atoms with Crippen LogP contribution in [0.1, 0.15) is 12.5 Å². The fourth-order valence-corrected chi connectivity index (χ4v) is 2.30. The number of ether oxygens (including phenoxy) is 2. The third kappa shape index (κ3) is 5.87. The molecule has 5 nitrogen and oxygen atoms in total. The number of nitrogens with zero attached hydrogens (tertiary/aromatic N) is 1. The molecular formula is C19H23ClN2O3. The first-order chi connectivity index (χ1) is 12.0. The normalized spacial score (nSPS) is 10.2. The molecule has 0 aliphatic rings. The SMILES string of the molecule is CCOc1ccc(NC(=O)N(C)CCOc2ccc(Cl)cc2)c(C)c1. The Labute approximate surface area is 153 Å². The van der Waals surface area contributed by atoms with Crippen LogP contribution in [0.25, 0.3) is 0 Å². The third-order valence-electron chi connectivity index (χ3n) is 3.61. The second kappa shape index (κ2) is 9.18. The molecule has 0 bridgehead atoms. The molecule has 0 aromatic heterocycles. The van der Waals surface area contributed by atoms with Crippen LogP contribution in [-0.2, 0) is 0 Å². The maximum absolute atomic E-state index is 12.3. The first-order valence-corrected chi connectivity index (χ1v) is 8.51. The van der Waals surface area contributed by atoms with E-state index < -0.39 is 0 Å². The van der Waals surface area contributed by atoms with E-state index in [4.69, 9.17) is 21.1 Å². The molecule has 0 heterocycles. The maximum atomic E-state index is 12.3. The molecule has 0 saturated heterocycles. The van der Waals surface area contributed by atoms with Gasteiger partial charge in [0.05, 0.1) is 13.2 Å². The first-order valence-electron chi connectivity index (χ1n) is 8.13. The van der Waals surface area contributed by atoms with E-state index in [1.165, 1.54) is 0 Å². The standard InChI is InChI=1S/C19H23ClN2O3/c1-4-24-17-9-10-18(14(2)13-17)21-19(23)22(3)11-12-25-16-7-5-15(20)6-8-16/h5-10,13H,4,11-12H2,1-3H3,(H,21,23). The number of amides is 2. The van der Waals surface area contributed by atoms with E-state index in [0.29, 0.717) is 24.8 Å². The number of carbonyl (C=O) groups excluding carboxylic acids is 1. The number of rotatable bonds is 7. The summed E-state index contributed by atoms with van der Waals surface area (Å²) in [6.45, 7) is 5.34. The van der Waals surface area contributed by atoms with Gasteiger partial charge in [-0.05, 0) is 61.9 Å². The summed E-state index contributed by atoms with van der Waals surface area (Å²) >= 11 is 5.83. The van der Waals surface area contributed by atoms with Gasteiger partial charge >= 0.3 is 6.03 Å². The van der Waals surface area contributed by atoms with Gasteiger partial charge in [0.1, 0.15) is 18.1 Å². The van der Waals surface area contributed by atoms with E-state index in [2.05, 4.69) is 5.32 Å². The van der Waals surface area contributed by atoms with Gasteiger partial charge in [-0.1, -0.05) is 11.6 Å². The highest BCUT2D eigenvalue weighted by molar-refractivity contribution is 6.30. The second-order valence-electron chi connectivity index (χ2n) is 5.56. The molecule has 0 saturated carbocycles. The van der Waals surface area contributed by atoms with E-state index >= 15 is 0 Å². The number of halogens is 1. The van der Waals surface area contributed by atoms with Gasteiger partial charge in [0.25, 0.3) is 0 Å². The quantitative estimate of drug-likeness (QED) is 0.783. The Kier molecular flexibility index (Phi) is 6.95. The fraction of sp³-hybridized carbons (Fsp3) is 0.316. The number of carbonyl (C=O) groups is 1. The molecule has 134 valence electrons. The molecule has 0 radical (unpaired) electrons. The summed E-state index contributed by atoms with van der Waals surface area (Å²) in [5.41, 5.74) is 1.71. The van der Waals surface area contributed by atoms with Crippen LogP contribution in [0.2, 0.25) is 5.02 Å². The second-order valence-corrected chi connectivity index (χ2v) is 6.00.